The van der Waals surface area contributed by atoms with Crippen LogP contribution in [0.5, 0.6) is 5.75 Å². The molecule has 1 atom stereocenters. The average Bonchev–Trinajstić information content (AvgIpc) is 2.84. The number of halogens is 1. The first-order chi connectivity index (χ1) is 9.10. The van der Waals surface area contributed by atoms with Gasteiger partial charge in [0.25, 0.3) is 5.89 Å². The zero-order chi connectivity index (χ0) is 13.8. The Morgan fingerprint density at radius 3 is 2.89 bits per heavy atom. The van der Waals surface area contributed by atoms with Gasteiger partial charge in [-0.1, -0.05) is 34.1 Å². The Labute approximate surface area is 120 Å². The maximum Gasteiger partial charge on any atom is 0.264 e. The summed E-state index contributed by atoms with van der Waals surface area (Å²) in [5.41, 5.74) is 6.86. The van der Waals surface area contributed by atoms with E-state index >= 15 is 0 Å². The predicted molar refractivity (Wildman–Crippen MR) is 74.8 cm³/mol. The van der Waals surface area contributed by atoms with Crippen LogP contribution in [-0.2, 0) is 13.0 Å². The summed E-state index contributed by atoms with van der Waals surface area (Å²) >= 11 is 3.41. The normalized spacial score (nSPS) is 12.4. The first kappa shape index (κ1) is 14.0. The second-order valence-electron chi connectivity index (χ2n) is 4.22. The van der Waals surface area contributed by atoms with E-state index in [-0.39, 0.29) is 12.6 Å². The molecule has 0 saturated carbocycles. The van der Waals surface area contributed by atoms with Crippen LogP contribution in [0.3, 0.4) is 0 Å². The summed E-state index contributed by atoms with van der Waals surface area (Å²) in [6.45, 7) is 4.12. The number of benzene rings is 1. The number of nitrogens with two attached hydrogens (primary N) is 1. The summed E-state index contributed by atoms with van der Waals surface area (Å²) in [6, 6.07) is 5.66. The lowest BCUT2D eigenvalue weighted by Gasteiger charge is -2.13. The summed E-state index contributed by atoms with van der Waals surface area (Å²) < 4.78 is 11.7. The molecular weight excluding hydrogens is 310 g/mol. The molecule has 0 aliphatic rings. The molecule has 2 N–H and O–H groups in total. The molecule has 0 fully saturated rings. The standard InChI is InChI=1S/C13H16BrN3O2/c1-3-12-16-13(19-17-12)7-18-11-6-9(14)4-5-10(11)8(2)15/h4-6,8H,3,7,15H2,1-2H3. The van der Waals surface area contributed by atoms with Crippen molar-refractivity contribution in [1.82, 2.24) is 10.1 Å². The first-order valence-corrected chi connectivity index (χ1v) is 6.88. The highest BCUT2D eigenvalue weighted by Crippen LogP contribution is 2.28. The minimum absolute atomic E-state index is 0.100. The Morgan fingerprint density at radius 2 is 2.26 bits per heavy atom. The molecule has 0 aliphatic heterocycles. The lowest BCUT2D eigenvalue weighted by molar-refractivity contribution is 0.240. The van der Waals surface area contributed by atoms with Gasteiger partial charge in [-0.3, -0.25) is 0 Å². The molecule has 0 aliphatic carbocycles. The first-order valence-electron chi connectivity index (χ1n) is 6.09. The number of nitrogens with zero attached hydrogens (tertiary/aromatic N) is 2. The zero-order valence-corrected chi connectivity index (χ0v) is 12.5. The molecule has 102 valence electrons. The molecule has 0 spiro atoms. The van der Waals surface area contributed by atoms with Crippen molar-refractivity contribution in [1.29, 1.82) is 0 Å². The van der Waals surface area contributed by atoms with E-state index in [9.17, 15) is 0 Å². The van der Waals surface area contributed by atoms with Crippen molar-refractivity contribution in [3.8, 4) is 5.75 Å². The lowest BCUT2D eigenvalue weighted by Crippen LogP contribution is -2.08. The topological polar surface area (TPSA) is 74.2 Å². The molecule has 1 unspecified atom stereocenters. The molecule has 2 rings (SSSR count). The summed E-state index contributed by atoms with van der Waals surface area (Å²) in [6.07, 6.45) is 0.742. The molecule has 0 radical (unpaired) electrons. The van der Waals surface area contributed by atoms with Crippen LogP contribution in [0.4, 0.5) is 0 Å². The van der Waals surface area contributed by atoms with Gasteiger partial charge in [0.2, 0.25) is 0 Å². The fourth-order valence-electron chi connectivity index (χ4n) is 1.64. The van der Waals surface area contributed by atoms with Gasteiger partial charge in [-0.2, -0.15) is 4.98 Å². The van der Waals surface area contributed by atoms with E-state index in [4.69, 9.17) is 15.0 Å². The predicted octanol–water partition coefficient (Wildman–Crippen LogP) is 2.99. The highest BCUT2D eigenvalue weighted by molar-refractivity contribution is 9.10. The van der Waals surface area contributed by atoms with Crippen LogP contribution >= 0.6 is 15.9 Å². The molecule has 5 nitrogen and oxygen atoms in total. The third kappa shape index (κ3) is 3.54. The second kappa shape index (κ2) is 6.16. The SMILES string of the molecule is CCc1noc(COc2cc(Br)ccc2C(C)N)n1. The number of hydrogen-bond acceptors (Lipinski definition) is 5. The van der Waals surface area contributed by atoms with Crippen LogP contribution in [0.15, 0.2) is 27.2 Å². The Hall–Kier alpha value is -1.40. The van der Waals surface area contributed by atoms with Gasteiger partial charge in [-0.05, 0) is 19.1 Å². The molecule has 6 heteroatoms. The monoisotopic (exact) mass is 325 g/mol. The zero-order valence-electron chi connectivity index (χ0n) is 10.9. The van der Waals surface area contributed by atoms with E-state index in [0.717, 1.165) is 22.2 Å². The highest BCUT2D eigenvalue weighted by atomic mass is 79.9. The Bertz CT molecular complexity index is 555. The van der Waals surface area contributed by atoms with E-state index in [2.05, 4.69) is 26.1 Å². The van der Waals surface area contributed by atoms with Crippen LogP contribution in [0.1, 0.15) is 37.2 Å². The van der Waals surface area contributed by atoms with Gasteiger partial charge < -0.3 is 15.0 Å². The van der Waals surface area contributed by atoms with Crippen molar-refractivity contribution in [2.75, 3.05) is 0 Å². The summed E-state index contributed by atoms with van der Waals surface area (Å²) in [5.74, 6) is 1.87. The minimum atomic E-state index is -0.100. The lowest BCUT2D eigenvalue weighted by atomic mass is 10.1. The van der Waals surface area contributed by atoms with Crippen LogP contribution in [0.25, 0.3) is 0 Å². The maximum absolute atomic E-state index is 5.91. The van der Waals surface area contributed by atoms with Crippen molar-refractivity contribution in [2.45, 2.75) is 32.9 Å². The number of ether oxygens (including phenoxy) is 1. The molecule has 19 heavy (non-hydrogen) atoms. The van der Waals surface area contributed by atoms with Crippen molar-refractivity contribution in [3.05, 3.63) is 40.0 Å². The van der Waals surface area contributed by atoms with Gasteiger partial charge in [0.15, 0.2) is 12.4 Å². The van der Waals surface area contributed by atoms with Crippen molar-refractivity contribution in [2.24, 2.45) is 5.73 Å². The summed E-state index contributed by atoms with van der Waals surface area (Å²) in [7, 11) is 0. The van der Waals surface area contributed by atoms with E-state index < -0.39 is 0 Å². The highest BCUT2D eigenvalue weighted by Gasteiger charge is 2.11. The molecule has 2 aromatic rings. The van der Waals surface area contributed by atoms with E-state index in [1.54, 1.807) is 0 Å². The smallest absolute Gasteiger partial charge is 0.264 e. The van der Waals surface area contributed by atoms with Crippen molar-refractivity contribution >= 4 is 15.9 Å². The van der Waals surface area contributed by atoms with Gasteiger partial charge in [-0.15, -0.1) is 0 Å². The molecule has 0 bridgehead atoms. The largest absolute Gasteiger partial charge is 0.483 e. The van der Waals surface area contributed by atoms with Gasteiger partial charge in [0.1, 0.15) is 5.75 Å². The number of aryl methyl sites for hydroxylation is 1. The molecular formula is C13H16BrN3O2. The molecule has 0 saturated heterocycles. The quantitative estimate of drug-likeness (QED) is 0.914. The Balaban J connectivity index is 2.12. The number of rotatable bonds is 5. The van der Waals surface area contributed by atoms with Crippen LogP contribution < -0.4 is 10.5 Å². The molecule has 0 amide bonds. The molecule has 1 aromatic heterocycles. The van der Waals surface area contributed by atoms with Crippen molar-refractivity contribution < 1.29 is 9.26 Å². The number of aromatic nitrogens is 2. The maximum atomic E-state index is 5.91. The van der Waals surface area contributed by atoms with Gasteiger partial charge in [-0.25, -0.2) is 0 Å². The second-order valence-corrected chi connectivity index (χ2v) is 5.13. The number of hydrogen-bond donors (Lipinski definition) is 1. The van der Waals surface area contributed by atoms with Crippen LogP contribution in [0.2, 0.25) is 0 Å². The molecule has 1 aromatic carbocycles. The van der Waals surface area contributed by atoms with E-state index in [1.165, 1.54) is 0 Å². The van der Waals surface area contributed by atoms with Crippen molar-refractivity contribution in [3.63, 3.8) is 0 Å². The summed E-state index contributed by atoms with van der Waals surface area (Å²) in [4.78, 5) is 4.20. The van der Waals surface area contributed by atoms with Crippen LogP contribution in [-0.4, -0.2) is 10.1 Å². The van der Waals surface area contributed by atoms with E-state index in [1.807, 2.05) is 32.0 Å². The average molecular weight is 326 g/mol. The molecule has 1 heterocycles. The van der Waals surface area contributed by atoms with Gasteiger partial charge in [0, 0.05) is 22.5 Å². The van der Waals surface area contributed by atoms with Crippen LogP contribution in [0, 0.1) is 0 Å². The Kier molecular flexibility index (Phi) is 4.55. The summed E-state index contributed by atoms with van der Waals surface area (Å²) in [5, 5.41) is 3.82. The fraction of sp³-hybridized carbons (Fsp3) is 0.385. The van der Waals surface area contributed by atoms with E-state index in [0.29, 0.717) is 11.7 Å². The van der Waals surface area contributed by atoms with Gasteiger partial charge >= 0.3 is 0 Å². The fourth-order valence-corrected chi connectivity index (χ4v) is 1.98. The minimum Gasteiger partial charge on any atom is -0.483 e. The third-order valence-electron chi connectivity index (χ3n) is 2.64. The Morgan fingerprint density at radius 1 is 1.47 bits per heavy atom. The van der Waals surface area contributed by atoms with Gasteiger partial charge in [0.05, 0.1) is 0 Å². The third-order valence-corrected chi connectivity index (χ3v) is 3.14.